The van der Waals surface area contributed by atoms with Crippen molar-refractivity contribution in [3.63, 3.8) is 0 Å². The van der Waals surface area contributed by atoms with Gasteiger partial charge in [-0.1, -0.05) is 0 Å². The maximum atomic E-state index is 11.1. The molecule has 1 aromatic heterocycles. The molecule has 0 aliphatic heterocycles. The summed E-state index contributed by atoms with van der Waals surface area (Å²) in [6, 6.07) is 1.82. The lowest BCUT2D eigenvalue weighted by Gasteiger charge is -2.21. The molecule has 0 radical (unpaired) electrons. The van der Waals surface area contributed by atoms with Gasteiger partial charge in [0.05, 0.1) is 20.1 Å². The molecule has 1 unspecified atom stereocenters. The number of ether oxygens (including phenoxy) is 1. The number of methoxy groups -OCH3 is 1. The minimum atomic E-state index is -1.13. The molecule has 7 nitrogen and oxygen atoms in total. The molecule has 0 aliphatic carbocycles. The van der Waals surface area contributed by atoms with Crippen molar-refractivity contribution in [3.8, 4) is 0 Å². The van der Waals surface area contributed by atoms with Crippen LogP contribution in [0.1, 0.15) is 37.4 Å². The van der Waals surface area contributed by atoms with Crippen molar-refractivity contribution in [2.75, 3.05) is 26.7 Å². The monoisotopic (exact) mass is 453 g/mol. The van der Waals surface area contributed by atoms with Crippen LogP contribution in [0.25, 0.3) is 0 Å². The van der Waals surface area contributed by atoms with Crippen LogP contribution in [0.4, 0.5) is 0 Å². The Bertz CT molecular complexity index is 556. The van der Waals surface area contributed by atoms with Gasteiger partial charge in [0.15, 0.2) is 5.96 Å². The van der Waals surface area contributed by atoms with E-state index < -0.39 is 5.60 Å². The van der Waals surface area contributed by atoms with Gasteiger partial charge in [-0.3, -0.25) is 4.79 Å². The number of nitrogens with one attached hydrogen (secondary N) is 2. The van der Waals surface area contributed by atoms with E-state index in [4.69, 9.17) is 4.42 Å². The Hall–Kier alpha value is -1.29. The van der Waals surface area contributed by atoms with E-state index in [1.54, 1.807) is 6.92 Å². The Morgan fingerprint density at radius 3 is 2.58 bits per heavy atom. The highest BCUT2D eigenvalue weighted by Crippen LogP contribution is 2.27. The lowest BCUT2D eigenvalue weighted by Crippen LogP contribution is -2.39. The smallest absolute Gasteiger partial charge is 0.307 e. The number of carbonyl (C=O) groups excluding carboxylic acids is 1. The number of esters is 1. The Morgan fingerprint density at radius 1 is 1.42 bits per heavy atom. The fraction of sp³-hybridized carbons (Fsp3) is 0.625. The van der Waals surface area contributed by atoms with Crippen LogP contribution in [0.2, 0.25) is 0 Å². The topological polar surface area (TPSA) is 96.1 Å². The third-order valence-electron chi connectivity index (χ3n) is 3.36. The molecule has 138 valence electrons. The van der Waals surface area contributed by atoms with Crippen LogP contribution >= 0.6 is 24.0 Å². The van der Waals surface area contributed by atoms with E-state index in [-0.39, 0.29) is 42.9 Å². The summed E-state index contributed by atoms with van der Waals surface area (Å²) in [5, 5.41) is 16.8. The van der Waals surface area contributed by atoms with E-state index in [0.717, 1.165) is 11.3 Å². The van der Waals surface area contributed by atoms with Crippen molar-refractivity contribution in [2.45, 2.75) is 39.7 Å². The molecule has 1 aromatic rings. The standard InChI is InChI=1S/C16H27N3O4.HI/c1-6-17-15(18-8-7-14(20)22-5)19-10-16(4,21)13-9-11(2)23-12(13)3;/h9,21H,6-8,10H2,1-5H3,(H2,17,18,19);1H. The van der Waals surface area contributed by atoms with Gasteiger partial charge in [0, 0.05) is 18.7 Å². The number of guanidine groups is 1. The molecule has 0 aliphatic rings. The molecule has 0 saturated carbocycles. The highest BCUT2D eigenvalue weighted by Gasteiger charge is 2.27. The van der Waals surface area contributed by atoms with Gasteiger partial charge in [0.2, 0.25) is 0 Å². The van der Waals surface area contributed by atoms with Crippen LogP contribution in [-0.2, 0) is 15.1 Å². The minimum absolute atomic E-state index is 0. The molecule has 0 aromatic carbocycles. The van der Waals surface area contributed by atoms with Crippen molar-refractivity contribution in [2.24, 2.45) is 4.99 Å². The molecule has 3 N–H and O–H groups in total. The van der Waals surface area contributed by atoms with Gasteiger partial charge in [-0.05, 0) is 33.8 Å². The summed E-state index contributed by atoms with van der Waals surface area (Å²) >= 11 is 0. The van der Waals surface area contributed by atoms with Crippen molar-refractivity contribution < 1.29 is 19.1 Å². The van der Waals surface area contributed by atoms with Gasteiger partial charge >= 0.3 is 5.97 Å². The summed E-state index contributed by atoms with van der Waals surface area (Å²) in [5.41, 5.74) is -0.406. The number of nitrogens with zero attached hydrogens (tertiary/aromatic N) is 1. The zero-order valence-corrected chi connectivity index (χ0v) is 17.3. The van der Waals surface area contributed by atoms with Crippen LogP contribution in [0.5, 0.6) is 0 Å². The largest absolute Gasteiger partial charge is 0.469 e. The predicted octanol–water partition coefficient (Wildman–Crippen LogP) is 1.84. The number of halogens is 1. The van der Waals surface area contributed by atoms with E-state index in [9.17, 15) is 9.90 Å². The molecule has 1 atom stereocenters. The Balaban J connectivity index is 0.00000529. The Kier molecular flexibility index (Phi) is 9.98. The van der Waals surface area contributed by atoms with Gasteiger partial charge in [-0.2, -0.15) is 0 Å². The fourth-order valence-corrected chi connectivity index (χ4v) is 2.21. The second-order valence-corrected chi connectivity index (χ2v) is 5.55. The van der Waals surface area contributed by atoms with Gasteiger partial charge < -0.3 is 24.9 Å². The quantitative estimate of drug-likeness (QED) is 0.253. The first kappa shape index (κ1) is 22.7. The first-order valence-corrected chi connectivity index (χ1v) is 7.69. The predicted molar refractivity (Wildman–Crippen MR) is 104 cm³/mol. The SMILES string of the molecule is CCNC(=NCC(C)(O)c1cc(C)oc1C)NCCC(=O)OC.I. The zero-order chi connectivity index (χ0) is 17.5. The maximum absolute atomic E-state index is 11.1. The van der Waals surface area contributed by atoms with E-state index in [1.165, 1.54) is 7.11 Å². The Morgan fingerprint density at radius 2 is 2.08 bits per heavy atom. The summed E-state index contributed by atoms with van der Waals surface area (Å²) in [6.45, 7) is 8.56. The van der Waals surface area contributed by atoms with Crippen LogP contribution in [0, 0.1) is 13.8 Å². The van der Waals surface area contributed by atoms with Gasteiger partial charge in [-0.15, -0.1) is 24.0 Å². The number of aliphatic hydroxyl groups is 1. The summed E-state index contributed by atoms with van der Waals surface area (Å²) < 4.78 is 10.1. The average Bonchev–Trinajstić information content (AvgIpc) is 2.84. The van der Waals surface area contributed by atoms with E-state index in [2.05, 4.69) is 20.4 Å². The number of aliphatic imine (C=N–C) groups is 1. The minimum Gasteiger partial charge on any atom is -0.469 e. The fourth-order valence-electron chi connectivity index (χ4n) is 2.21. The second kappa shape index (κ2) is 10.5. The summed E-state index contributed by atoms with van der Waals surface area (Å²) in [5.74, 6) is 1.69. The van der Waals surface area contributed by atoms with E-state index in [0.29, 0.717) is 24.8 Å². The first-order valence-electron chi connectivity index (χ1n) is 7.69. The second-order valence-electron chi connectivity index (χ2n) is 5.55. The van der Waals surface area contributed by atoms with E-state index >= 15 is 0 Å². The van der Waals surface area contributed by atoms with Gasteiger partial charge in [0.1, 0.15) is 17.1 Å². The highest BCUT2D eigenvalue weighted by molar-refractivity contribution is 14.0. The third kappa shape index (κ3) is 7.08. The van der Waals surface area contributed by atoms with E-state index in [1.807, 2.05) is 26.8 Å². The lowest BCUT2D eigenvalue weighted by molar-refractivity contribution is -0.140. The molecule has 0 fully saturated rings. The van der Waals surface area contributed by atoms with Crippen molar-refractivity contribution in [1.82, 2.24) is 10.6 Å². The van der Waals surface area contributed by atoms with Gasteiger partial charge in [0.25, 0.3) is 0 Å². The average molecular weight is 453 g/mol. The Labute approximate surface area is 160 Å². The molecule has 0 bridgehead atoms. The molecule has 24 heavy (non-hydrogen) atoms. The number of hydrogen-bond donors (Lipinski definition) is 3. The molecule has 0 amide bonds. The van der Waals surface area contributed by atoms with Crippen molar-refractivity contribution in [1.29, 1.82) is 0 Å². The van der Waals surface area contributed by atoms with Crippen LogP contribution in [0.15, 0.2) is 15.5 Å². The maximum Gasteiger partial charge on any atom is 0.307 e. The highest BCUT2D eigenvalue weighted by atomic mass is 127. The first-order chi connectivity index (χ1) is 10.8. The van der Waals surface area contributed by atoms with Crippen molar-refractivity contribution in [3.05, 3.63) is 23.2 Å². The van der Waals surface area contributed by atoms with Crippen LogP contribution < -0.4 is 10.6 Å². The number of carbonyl (C=O) groups is 1. The number of aryl methyl sites for hydroxylation is 2. The van der Waals surface area contributed by atoms with Gasteiger partial charge in [-0.25, -0.2) is 4.99 Å². The molecular formula is C16H28IN3O4. The normalized spacial score (nSPS) is 13.7. The molecule has 1 heterocycles. The number of rotatable bonds is 7. The number of hydrogen-bond acceptors (Lipinski definition) is 5. The van der Waals surface area contributed by atoms with Crippen LogP contribution in [-0.4, -0.2) is 43.8 Å². The van der Waals surface area contributed by atoms with Crippen LogP contribution in [0.3, 0.4) is 0 Å². The molecule has 0 spiro atoms. The molecule has 0 saturated heterocycles. The zero-order valence-electron chi connectivity index (χ0n) is 14.9. The molecule has 8 heteroatoms. The molecule has 1 rings (SSSR count). The lowest BCUT2D eigenvalue weighted by atomic mass is 9.96. The third-order valence-corrected chi connectivity index (χ3v) is 3.36. The number of furan rings is 1. The summed E-state index contributed by atoms with van der Waals surface area (Å²) in [4.78, 5) is 15.5. The van der Waals surface area contributed by atoms with Crippen molar-refractivity contribution >= 4 is 35.9 Å². The summed E-state index contributed by atoms with van der Waals surface area (Å²) in [7, 11) is 1.36. The molecular weight excluding hydrogens is 425 g/mol. The summed E-state index contributed by atoms with van der Waals surface area (Å²) in [6.07, 6.45) is 0.247.